The Labute approximate surface area is 106 Å². The zero-order valence-corrected chi connectivity index (χ0v) is 10.7. The average molecular weight is 267 g/mol. The number of hydrogen-bond acceptors (Lipinski definition) is 4. The Morgan fingerprint density at radius 1 is 1.50 bits per heavy atom. The molecule has 96 valence electrons. The van der Waals surface area contributed by atoms with Crippen LogP contribution in [0.2, 0.25) is 0 Å². The first-order chi connectivity index (χ1) is 8.61. The van der Waals surface area contributed by atoms with Gasteiger partial charge in [0.25, 0.3) is 0 Å². The fourth-order valence-corrected chi connectivity index (χ4v) is 2.27. The highest BCUT2D eigenvalue weighted by Gasteiger charge is 2.09. The smallest absolute Gasteiger partial charge is 0.335 e. The molecule has 0 spiro atoms. The molecular weight excluding hydrogens is 254 g/mol. The molecule has 2 aromatic rings. The standard InChI is InChI=1S/C11H13N3O3S/c1-2-18(17)6-5-14-10-4-3-8(11(15)16)7-9(10)12-13-14/h3-4,7H,2,5-6H2,1H3,(H,15,16). The van der Waals surface area contributed by atoms with Gasteiger partial charge in [-0.05, 0) is 18.2 Å². The maximum absolute atomic E-state index is 11.4. The van der Waals surface area contributed by atoms with Gasteiger partial charge in [0.05, 0.1) is 17.6 Å². The first-order valence-electron chi connectivity index (χ1n) is 5.53. The third-order valence-electron chi connectivity index (χ3n) is 2.61. The molecule has 1 heterocycles. The third kappa shape index (κ3) is 2.56. The van der Waals surface area contributed by atoms with Crippen LogP contribution in [0.25, 0.3) is 11.0 Å². The summed E-state index contributed by atoms with van der Waals surface area (Å²) in [5.74, 6) is 0.157. The van der Waals surface area contributed by atoms with Crippen molar-refractivity contribution >= 4 is 27.8 Å². The molecule has 0 aliphatic rings. The van der Waals surface area contributed by atoms with Crippen molar-refractivity contribution in [2.75, 3.05) is 11.5 Å². The zero-order chi connectivity index (χ0) is 13.1. The number of aromatic nitrogens is 3. The van der Waals surface area contributed by atoms with E-state index < -0.39 is 16.8 Å². The number of aromatic carboxylic acids is 1. The van der Waals surface area contributed by atoms with Crippen LogP contribution >= 0.6 is 0 Å². The number of fused-ring (bicyclic) bond motifs is 1. The van der Waals surface area contributed by atoms with Gasteiger partial charge >= 0.3 is 5.97 Å². The fourth-order valence-electron chi connectivity index (χ4n) is 1.60. The Bertz CT molecular complexity index is 609. The van der Waals surface area contributed by atoms with E-state index in [4.69, 9.17) is 5.11 Å². The molecule has 0 saturated carbocycles. The van der Waals surface area contributed by atoms with Crippen LogP contribution in [0.3, 0.4) is 0 Å². The summed E-state index contributed by atoms with van der Waals surface area (Å²) < 4.78 is 13.0. The number of hydrogen-bond donors (Lipinski definition) is 1. The molecule has 1 aromatic heterocycles. The molecule has 2 rings (SSSR count). The molecule has 0 fully saturated rings. The fraction of sp³-hybridized carbons (Fsp3) is 0.364. The summed E-state index contributed by atoms with van der Waals surface area (Å²) in [6, 6.07) is 4.67. The zero-order valence-electron chi connectivity index (χ0n) is 9.87. The van der Waals surface area contributed by atoms with Crippen molar-refractivity contribution in [1.29, 1.82) is 0 Å². The Kier molecular flexibility index (Phi) is 3.71. The number of carboxylic acids is 1. The normalized spacial score (nSPS) is 12.7. The molecule has 6 nitrogen and oxygen atoms in total. The molecule has 0 aliphatic carbocycles. The summed E-state index contributed by atoms with van der Waals surface area (Å²) >= 11 is 0. The molecule has 1 N–H and O–H groups in total. The van der Waals surface area contributed by atoms with Gasteiger partial charge in [-0.25, -0.2) is 9.48 Å². The molecular formula is C11H13N3O3S. The number of nitrogens with zero attached hydrogens (tertiary/aromatic N) is 3. The van der Waals surface area contributed by atoms with E-state index >= 15 is 0 Å². The SMILES string of the molecule is CCS(=O)CCn1nnc2cc(C(=O)O)ccc21. The number of benzene rings is 1. The molecule has 18 heavy (non-hydrogen) atoms. The third-order valence-corrected chi connectivity index (χ3v) is 3.90. The van der Waals surface area contributed by atoms with Crippen molar-refractivity contribution in [3.63, 3.8) is 0 Å². The molecule has 1 unspecified atom stereocenters. The van der Waals surface area contributed by atoms with Gasteiger partial charge in [0.2, 0.25) is 0 Å². The van der Waals surface area contributed by atoms with Crippen molar-refractivity contribution in [1.82, 2.24) is 15.0 Å². The molecule has 0 aliphatic heterocycles. The first-order valence-corrected chi connectivity index (χ1v) is 7.02. The molecule has 0 radical (unpaired) electrons. The second-order valence-corrected chi connectivity index (χ2v) is 5.62. The predicted octanol–water partition coefficient (Wildman–Crippen LogP) is 0.898. The summed E-state index contributed by atoms with van der Waals surface area (Å²) in [6.45, 7) is 2.39. The lowest BCUT2D eigenvalue weighted by Crippen LogP contribution is -2.10. The lowest BCUT2D eigenvalue weighted by atomic mass is 10.2. The second kappa shape index (κ2) is 5.26. The van der Waals surface area contributed by atoms with Gasteiger partial charge in [0.1, 0.15) is 5.52 Å². The lowest BCUT2D eigenvalue weighted by molar-refractivity contribution is 0.0697. The van der Waals surface area contributed by atoms with Crippen molar-refractivity contribution in [3.8, 4) is 0 Å². The minimum Gasteiger partial charge on any atom is -0.478 e. The van der Waals surface area contributed by atoms with E-state index in [2.05, 4.69) is 10.3 Å². The highest BCUT2D eigenvalue weighted by atomic mass is 32.2. The van der Waals surface area contributed by atoms with Gasteiger partial charge in [-0.1, -0.05) is 12.1 Å². The van der Waals surface area contributed by atoms with E-state index in [0.717, 1.165) is 5.52 Å². The number of carbonyl (C=O) groups is 1. The van der Waals surface area contributed by atoms with Crippen molar-refractivity contribution < 1.29 is 14.1 Å². The molecule has 1 aromatic carbocycles. The maximum Gasteiger partial charge on any atom is 0.335 e. The van der Waals surface area contributed by atoms with E-state index in [1.54, 1.807) is 10.7 Å². The predicted molar refractivity (Wildman–Crippen MR) is 68.0 cm³/mol. The summed E-state index contributed by atoms with van der Waals surface area (Å²) in [4.78, 5) is 10.8. The molecule has 0 amide bonds. The minimum atomic E-state index is -0.987. The monoisotopic (exact) mass is 267 g/mol. The van der Waals surface area contributed by atoms with Crippen molar-refractivity contribution in [2.45, 2.75) is 13.5 Å². The first kappa shape index (κ1) is 12.7. The number of rotatable bonds is 5. The van der Waals surface area contributed by atoms with E-state index in [-0.39, 0.29) is 5.56 Å². The van der Waals surface area contributed by atoms with E-state index in [9.17, 15) is 9.00 Å². The number of aryl methyl sites for hydroxylation is 1. The molecule has 0 bridgehead atoms. The van der Waals surface area contributed by atoms with Crippen LogP contribution in [-0.2, 0) is 17.3 Å². The Morgan fingerprint density at radius 2 is 2.28 bits per heavy atom. The van der Waals surface area contributed by atoms with E-state index in [0.29, 0.717) is 23.6 Å². The van der Waals surface area contributed by atoms with Crippen LogP contribution in [0.15, 0.2) is 18.2 Å². The topological polar surface area (TPSA) is 85.1 Å². The van der Waals surface area contributed by atoms with Crippen LogP contribution in [-0.4, -0.2) is 41.8 Å². The minimum absolute atomic E-state index is 0.187. The molecule has 7 heteroatoms. The number of carboxylic acid groups (broad SMARTS) is 1. The highest BCUT2D eigenvalue weighted by molar-refractivity contribution is 7.84. The van der Waals surface area contributed by atoms with Crippen LogP contribution in [0.5, 0.6) is 0 Å². The van der Waals surface area contributed by atoms with Gasteiger partial charge in [-0.3, -0.25) is 4.21 Å². The van der Waals surface area contributed by atoms with Gasteiger partial charge < -0.3 is 5.11 Å². The Hall–Kier alpha value is -1.76. The van der Waals surface area contributed by atoms with Gasteiger partial charge in [-0.2, -0.15) is 0 Å². The van der Waals surface area contributed by atoms with Crippen LogP contribution in [0, 0.1) is 0 Å². The summed E-state index contributed by atoms with van der Waals surface area (Å²) in [6.07, 6.45) is 0. The summed E-state index contributed by atoms with van der Waals surface area (Å²) in [5.41, 5.74) is 1.48. The molecule has 0 saturated heterocycles. The van der Waals surface area contributed by atoms with Gasteiger partial charge in [-0.15, -0.1) is 5.10 Å². The molecule has 1 atom stereocenters. The maximum atomic E-state index is 11.4. The summed E-state index contributed by atoms with van der Waals surface area (Å²) in [5, 5.41) is 16.7. The van der Waals surface area contributed by atoms with E-state index in [1.165, 1.54) is 12.1 Å². The van der Waals surface area contributed by atoms with Crippen LogP contribution < -0.4 is 0 Å². The van der Waals surface area contributed by atoms with Gasteiger partial charge in [0, 0.05) is 22.3 Å². The van der Waals surface area contributed by atoms with Gasteiger partial charge in [0.15, 0.2) is 0 Å². The largest absolute Gasteiger partial charge is 0.478 e. The van der Waals surface area contributed by atoms with Crippen LogP contribution in [0.1, 0.15) is 17.3 Å². The highest BCUT2D eigenvalue weighted by Crippen LogP contribution is 2.13. The summed E-state index contributed by atoms with van der Waals surface area (Å²) in [7, 11) is -0.849. The lowest BCUT2D eigenvalue weighted by Gasteiger charge is -2.01. The van der Waals surface area contributed by atoms with Crippen LogP contribution in [0.4, 0.5) is 0 Å². The van der Waals surface area contributed by atoms with E-state index in [1.807, 2.05) is 6.92 Å². The quantitative estimate of drug-likeness (QED) is 0.870. The Morgan fingerprint density at radius 3 is 2.94 bits per heavy atom. The second-order valence-electron chi connectivity index (χ2n) is 3.75. The van der Waals surface area contributed by atoms with Crippen molar-refractivity contribution in [3.05, 3.63) is 23.8 Å². The van der Waals surface area contributed by atoms with Crippen molar-refractivity contribution in [2.24, 2.45) is 0 Å². The average Bonchev–Trinajstić information content (AvgIpc) is 2.78. The Balaban J connectivity index is 2.26.